The lowest BCUT2D eigenvalue weighted by atomic mass is 10.0. The Kier molecular flexibility index (Phi) is 5.52. The van der Waals surface area contributed by atoms with Crippen LogP contribution in [0.2, 0.25) is 0 Å². The molecular weight excluding hydrogens is 284 g/mol. The van der Waals surface area contributed by atoms with Crippen molar-refractivity contribution in [3.63, 3.8) is 0 Å². The van der Waals surface area contributed by atoms with Crippen molar-refractivity contribution in [2.24, 2.45) is 0 Å². The number of hydrogen-bond acceptors (Lipinski definition) is 3. The SMILES string of the molecule is CCOc1ccc2ccccc2c1CNC[C@H]1CCCN1CC. The molecule has 2 aromatic carbocycles. The van der Waals surface area contributed by atoms with Crippen molar-refractivity contribution in [1.29, 1.82) is 0 Å². The van der Waals surface area contributed by atoms with E-state index >= 15 is 0 Å². The van der Waals surface area contributed by atoms with Gasteiger partial charge in [0.1, 0.15) is 5.75 Å². The van der Waals surface area contributed by atoms with Crippen LogP contribution in [0.15, 0.2) is 36.4 Å². The molecule has 0 saturated carbocycles. The van der Waals surface area contributed by atoms with Crippen molar-refractivity contribution in [3.05, 3.63) is 42.0 Å². The number of hydrogen-bond donors (Lipinski definition) is 1. The van der Waals surface area contributed by atoms with Crippen LogP contribution < -0.4 is 10.1 Å². The average Bonchev–Trinajstić information content (AvgIpc) is 3.04. The molecule has 0 aromatic heterocycles. The summed E-state index contributed by atoms with van der Waals surface area (Å²) in [5.41, 5.74) is 1.28. The molecule has 1 aliphatic heterocycles. The zero-order valence-electron chi connectivity index (χ0n) is 14.3. The minimum atomic E-state index is 0.686. The largest absolute Gasteiger partial charge is 0.494 e. The summed E-state index contributed by atoms with van der Waals surface area (Å²) in [5, 5.41) is 6.25. The standard InChI is InChI=1S/C20H28N2O/c1-3-22-13-7-9-17(22)14-21-15-19-18-10-6-5-8-16(18)11-12-20(19)23-4-2/h5-6,8,10-12,17,21H,3-4,7,9,13-15H2,1-2H3/t17-/m1/s1. The van der Waals surface area contributed by atoms with E-state index in [2.05, 4.69) is 53.5 Å². The van der Waals surface area contributed by atoms with Gasteiger partial charge in [-0.25, -0.2) is 0 Å². The van der Waals surface area contributed by atoms with Crippen LogP contribution in [0.25, 0.3) is 10.8 Å². The van der Waals surface area contributed by atoms with Crippen molar-refractivity contribution in [3.8, 4) is 5.75 Å². The number of ether oxygens (including phenoxy) is 1. The monoisotopic (exact) mass is 312 g/mol. The number of likely N-dealkylation sites (N-methyl/N-ethyl adjacent to an activating group) is 1. The molecule has 124 valence electrons. The maximum absolute atomic E-state index is 5.86. The van der Waals surface area contributed by atoms with Crippen LogP contribution in [0.4, 0.5) is 0 Å². The summed E-state index contributed by atoms with van der Waals surface area (Å²) >= 11 is 0. The first-order valence-corrected chi connectivity index (χ1v) is 8.91. The highest BCUT2D eigenvalue weighted by Crippen LogP contribution is 2.28. The Morgan fingerprint density at radius 1 is 1.17 bits per heavy atom. The van der Waals surface area contributed by atoms with Crippen molar-refractivity contribution in [2.75, 3.05) is 26.2 Å². The van der Waals surface area contributed by atoms with Gasteiger partial charge in [-0.05, 0) is 49.7 Å². The molecule has 1 heterocycles. The van der Waals surface area contributed by atoms with Crippen molar-refractivity contribution < 1.29 is 4.74 Å². The number of nitrogens with one attached hydrogen (secondary N) is 1. The number of nitrogens with zero attached hydrogens (tertiary/aromatic N) is 1. The van der Waals surface area contributed by atoms with Gasteiger partial charge >= 0.3 is 0 Å². The highest BCUT2D eigenvalue weighted by atomic mass is 16.5. The highest BCUT2D eigenvalue weighted by Gasteiger charge is 2.22. The molecule has 1 atom stereocenters. The van der Waals surface area contributed by atoms with Gasteiger partial charge in [0.15, 0.2) is 0 Å². The smallest absolute Gasteiger partial charge is 0.124 e. The molecule has 0 aliphatic carbocycles. The third-order valence-corrected chi connectivity index (χ3v) is 4.88. The van der Waals surface area contributed by atoms with Crippen molar-refractivity contribution in [1.82, 2.24) is 10.2 Å². The summed E-state index contributed by atoms with van der Waals surface area (Å²) in [5.74, 6) is 1.01. The first-order valence-electron chi connectivity index (χ1n) is 8.91. The van der Waals surface area contributed by atoms with Crippen LogP contribution in [0.1, 0.15) is 32.3 Å². The lowest BCUT2D eigenvalue weighted by Gasteiger charge is -2.23. The normalized spacial score (nSPS) is 18.6. The van der Waals surface area contributed by atoms with Crippen LogP contribution in [0, 0.1) is 0 Å². The van der Waals surface area contributed by atoms with Gasteiger partial charge in [0, 0.05) is 24.7 Å². The van der Waals surface area contributed by atoms with Gasteiger partial charge in [-0.15, -0.1) is 0 Å². The first kappa shape index (κ1) is 16.3. The molecule has 23 heavy (non-hydrogen) atoms. The van der Waals surface area contributed by atoms with Gasteiger partial charge in [0.2, 0.25) is 0 Å². The Bertz CT molecular complexity index is 641. The van der Waals surface area contributed by atoms with Gasteiger partial charge in [-0.1, -0.05) is 37.3 Å². The lowest BCUT2D eigenvalue weighted by molar-refractivity contribution is 0.259. The number of fused-ring (bicyclic) bond motifs is 1. The molecule has 2 aromatic rings. The van der Waals surface area contributed by atoms with E-state index in [-0.39, 0.29) is 0 Å². The van der Waals surface area contributed by atoms with E-state index in [0.717, 1.165) is 25.4 Å². The molecule has 3 rings (SSSR count). The Morgan fingerprint density at radius 2 is 2.04 bits per heavy atom. The number of benzene rings is 2. The van der Waals surface area contributed by atoms with Crippen LogP contribution in [-0.4, -0.2) is 37.2 Å². The Labute approximate surface area is 139 Å². The molecule has 1 aliphatic rings. The highest BCUT2D eigenvalue weighted by molar-refractivity contribution is 5.87. The predicted octanol–water partition coefficient (Wildman–Crippen LogP) is 3.81. The quantitative estimate of drug-likeness (QED) is 0.841. The summed E-state index contributed by atoms with van der Waals surface area (Å²) in [6, 6.07) is 13.5. The topological polar surface area (TPSA) is 24.5 Å². The van der Waals surface area contributed by atoms with Crippen molar-refractivity contribution in [2.45, 2.75) is 39.3 Å². The molecule has 0 bridgehead atoms. The van der Waals surface area contributed by atoms with Crippen molar-refractivity contribution >= 4 is 10.8 Å². The second-order valence-corrected chi connectivity index (χ2v) is 6.25. The third-order valence-electron chi connectivity index (χ3n) is 4.88. The minimum Gasteiger partial charge on any atom is -0.494 e. The van der Waals surface area contributed by atoms with Gasteiger partial charge in [0.25, 0.3) is 0 Å². The fourth-order valence-electron chi connectivity index (χ4n) is 3.70. The maximum atomic E-state index is 5.86. The number of rotatable bonds is 7. The minimum absolute atomic E-state index is 0.686. The Hall–Kier alpha value is -1.58. The molecule has 3 heteroatoms. The summed E-state index contributed by atoms with van der Waals surface area (Å²) in [6.45, 7) is 9.34. The van der Waals surface area contributed by atoms with Gasteiger partial charge < -0.3 is 10.1 Å². The van der Waals surface area contributed by atoms with E-state index in [1.165, 1.54) is 35.7 Å². The van der Waals surface area contributed by atoms with Crippen LogP contribution in [0.5, 0.6) is 5.75 Å². The molecule has 0 radical (unpaired) electrons. The van der Waals surface area contributed by atoms with Gasteiger partial charge in [0.05, 0.1) is 6.61 Å². The molecular formula is C20H28N2O. The lowest BCUT2D eigenvalue weighted by Crippen LogP contribution is -2.37. The Balaban J connectivity index is 1.74. The Morgan fingerprint density at radius 3 is 2.87 bits per heavy atom. The maximum Gasteiger partial charge on any atom is 0.124 e. The van der Waals surface area contributed by atoms with Gasteiger partial charge in [-0.2, -0.15) is 0 Å². The zero-order valence-corrected chi connectivity index (χ0v) is 14.3. The fraction of sp³-hybridized carbons (Fsp3) is 0.500. The van der Waals surface area contributed by atoms with Crippen LogP contribution >= 0.6 is 0 Å². The summed E-state index contributed by atoms with van der Waals surface area (Å²) < 4.78 is 5.86. The predicted molar refractivity (Wildman–Crippen MR) is 97.1 cm³/mol. The first-order chi connectivity index (χ1) is 11.3. The van der Waals surface area contributed by atoms with Crippen LogP contribution in [0.3, 0.4) is 0 Å². The fourth-order valence-corrected chi connectivity index (χ4v) is 3.70. The summed E-state index contributed by atoms with van der Waals surface area (Å²) in [4.78, 5) is 2.58. The summed E-state index contributed by atoms with van der Waals surface area (Å²) in [6.07, 6.45) is 2.65. The van der Waals surface area contributed by atoms with Gasteiger partial charge in [-0.3, -0.25) is 4.90 Å². The third kappa shape index (κ3) is 3.67. The van der Waals surface area contributed by atoms with E-state index < -0.39 is 0 Å². The van der Waals surface area contributed by atoms with E-state index in [0.29, 0.717) is 12.6 Å². The number of likely N-dealkylation sites (tertiary alicyclic amines) is 1. The molecule has 3 nitrogen and oxygen atoms in total. The second-order valence-electron chi connectivity index (χ2n) is 6.25. The van der Waals surface area contributed by atoms with E-state index in [9.17, 15) is 0 Å². The molecule has 0 unspecified atom stereocenters. The molecule has 1 fully saturated rings. The van der Waals surface area contributed by atoms with Crippen LogP contribution in [-0.2, 0) is 6.54 Å². The van der Waals surface area contributed by atoms with E-state index in [1.807, 2.05) is 6.92 Å². The molecule has 1 N–H and O–H groups in total. The molecule has 1 saturated heterocycles. The average molecular weight is 312 g/mol. The molecule has 0 spiro atoms. The molecule has 0 amide bonds. The van der Waals surface area contributed by atoms with E-state index in [1.54, 1.807) is 0 Å². The second kappa shape index (κ2) is 7.80. The summed E-state index contributed by atoms with van der Waals surface area (Å²) in [7, 11) is 0. The van der Waals surface area contributed by atoms with E-state index in [4.69, 9.17) is 4.74 Å². The zero-order chi connectivity index (χ0) is 16.1.